The lowest BCUT2D eigenvalue weighted by atomic mass is 10.1. The molecule has 0 aliphatic carbocycles. The van der Waals surface area contributed by atoms with Gasteiger partial charge >= 0.3 is 0 Å². The van der Waals surface area contributed by atoms with E-state index in [-0.39, 0.29) is 23.3 Å². The molecule has 1 heterocycles. The van der Waals surface area contributed by atoms with Crippen LogP contribution in [-0.2, 0) is 11.3 Å². The van der Waals surface area contributed by atoms with Crippen LogP contribution in [0.1, 0.15) is 23.7 Å². The van der Waals surface area contributed by atoms with E-state index in [0.717, 1.165) is 16.2 Å². The van der Waals surface area contributed by atoms with Crippen LogP contribution in [-0.4, -0.2) is 16.1 Å². The van der Waals surface area contributed by atoms with Gasteiger partial charge in [0, 0.05) is 27.7 Å². The van der Waals surface area contributed by atoms with Gasteiger partial charge < -0.3 is 10.3 Å². The average Bonchev–Trinajstić information content (AvgIpc) is 2.48. The van der Waals surface area contributed by atoms with Crippen LogP contribution in [0.4, 0.5) is 0 Å². The fraction of sp³-hybridized carbons (Fsp3) is 0.294. The topological polar surface area (TPSA) is 62.0 Å². The molecule has 0 aliphatic rings. The molecule has 0 bridgehead atoms. The highest BCUT2D eigenvalue weighted by Crippen LogP contribution is 2.24. The quantitative estimate of drug-likeness (QED) is 0.812. The van der Waals surface area contributed by atoms with Crippen molar-refractivity contribution in [3.05, 3.63) is 62.5 Å². The predicted octanol–water partition coefficient (Wildman–Crippen LogP) is 3.44. The monoisotopic (exact) mass is 350 g/mol. The molecule has 0 spiro atoms. The van der Waals surface area contributed by atoms with Crippen LogP contribution in [0.5, 0.6) is 0 Å². The van der Waals surface area contributed by atoms with Crippen molar-refractivity contribution in [1.82, 2.24) is 10.3 Å². The van der Waals surface area contributed by atoms with Crippen molar-refractivity contribution >= 4 is 29.3 Å². The smallest absolute Gasteiger partial charge is 0.253 e. The zero-order chi connectivity index (χ0) is 17.0. The molecule has 4 nitrogen and oxygen atoms in total. The number of hydrogen-bond donors (Lipinski definition) is 2. The van der Waals surface area contributed by atoms with E-state index in [4.69, 9.17) is 11.6 Å². The van der Waals surface area contributed by atoms with Gasteiger partial charge in [0.05, 0.1) is 5.25 Å². The number of benzene rings is 1. The highest BCUT2D eigenvalue weighted by Gasteiger charge is 2.15. The molecule has 0 aliphatic heterocycles. The number of aromatic amines is 1. The van der Waals surface area contributed by atoms with E-state index in [1.807, 2.05) is 39.0 Å². The molecule has 6 heteroatoms. The summed E-state index contributed by atoms with van der Waals surface area (Å²) in [6, 6.07) is 9.25. The van der Waals surface area contributed by atoms with E-state index in [2.05, 4.69) is 10.3 Å². The van der Waals surface area contributed by atoms with Crippen molar-refractivity contribution in [1.29, 1.82) is 0 Å². The Balaban J connectivity index is 1.97. The molecule has 2 rings (SSSR count). The summed E-state index contributed by atoms with van der Waals surface area (Å²) in [5, 5.41) is 3.23. The number of H-pyrrole nitrogens is 1. The first-order chi connectivity index (χ1) is 10.9. The second kappa shape index (κ2) is 7.70. The maximum absolute atomic E-state index is 12.2. The number of aryl methyl sites for hydroxylation is 2. The Kier molecular flexibility index (Phi) is 5.91. The number of carbonyl (C=O) groups is 1. The SMILES string of the molecule is Cc1cc(C)c(CNC(=O)[C@@H](C)Sc2ccc(Cl)cc2)c(=O)[nH]1. The number of thioether (sulfide) groups is 1. The van der Waals surface area contributed by atoms with Gasteiger partial charge in [-0.2, -0.15) is 0 Å². The number of pyridine rings is 1. The van der Waals surface area contributed by atoms with Crippen LogP contribution in [0.15, 0.2) is 40.0 Å². The summed E-state index contributed by atoms with van der Waals surface area (Å²) in [6.07, 6.45) is 0. The Bertz CT molecular complexity index is 756. The van der Waals surface area contributed by atoms with Gasteiger partial charge in [-0.25, -0.2) is 0 Å². The molecular weight excluding hydrogens is 332 g/mol. The van der Waals surface area contributed by atoms with Gasteiger partial charge in [-0.15, -0.1) is 11.8 Å². The van der Waals surface area contributed by atoms with Crippen LogP contribution in [0.3, 0.4) is 0 Å². The number of halogens is 1. The molecule has 0 saturated heterocycles. The first-order valence-corrected chi connectivity index (χ1v) is 8.52. The zero-order valence-corrected chi connectivity index (χ0v) is 14.8. The molecule has 0 fully saturated rings. The van der Waals surface area contributed by atoms with Gasteiger partial charge in [-0.3, -0.25) is 9.59 Å². The predicted molar refractivity (Wildman–Crippen MR) is 95.2 cm³/mol. The Hall–Kier alpha value is -1.72. The fourth-order valence-corrected chi connectivity index (χ4v) is 3.21. The maximum Gasteiger partial charge on any atom is 0.253 e. The lowest BCUT2D eigenvalue weighted by Crippen LogP contribution is -2.33. The van der Waals surface area contributed by atoms with Crippen LogP contribution in [0.25, 0.3) is 0 Å². The van der Waals surface area contributed by atoms with E-state index < -0.39 is 0 Å². The molecular formula is C17H19ClN2O2S. The van der Waals surface area contributed by atoms with Crippen molar-refractivity contribution < 1.29 is 4.79 Å². The van der Waals surface area contributed by atoms with E-state index >= 15 is 0 Å². The summed E-state index contributed by atoms with van der Waals surface area (Å²) >= 11 is 7.30. The first-order valence-electron chi connectivity index (χ1n) is 7.26. The highest BCUT2D eigenvalue weighted by atomic mass is 35.5. The van der Waals surface area contributed by atoms with E-state index in [1.165, 1.54) is 11.8 Å². The molecule has 23 heavy (non-hydrogen) atoms. The van der Waals surface area contributed by atoms with Gasteiger partial charge in [0.1, 0.15) is 0 Å². The van der Waals surface area contributed by atoms with Gasteiger partial charge in [0.15, 0.2) is 0 Å². The fourth-order valence-electron chi connectivity index (χ4n) is 2.19. The van der Waals surface area contributed by atoms with Gasteiger partial charge in [-0.05, 0) is 56.7 Å². The van der Waals surface area contributed by atoms with Crippen molar-refractivity contribution in [2.45, 2.75) is 37.5 Å². The molecule has 122 valence electrons. The Morgan fingerprint density at radius 1 is 1.30 bits per heavy atom. The minimum Gasteiger partial charge on any atom is -0.351 e. The molecule has 1 atom stereocenters. The molecule has 1 aromatic carbocycles. The third-order valence-electron chi connectivity index (χ3n) is 3.43. The minimum absolute atomic E-state index is 0.107. The number of amides is 1. The number of nitrogens with one attached hydrogen (secondary N) is 2. The highest BCUT2D eigenvalue weighted by molar-refractivity contribution is 8.00. The van der Waals surface area contributed by atoms with Crippen LogP contribution in [0.2, 0.25) is 5.02 Å². The second-order valence-electron chi connectivity index (χ2n) is 5.37. The third kappa shape index (κ3) is 4.88. The third-order valence-corrected chi connectivity index (χ3v) is 4.79. The van der Waals surface area contributed by atoms with Gasteiger partial charge in [0.25, 0.3) is 5.56 Å². The minimum atomic E-state index is -0.263. The number of aromatic nitrogens is 1. The normalized spacial score (nSPS) is 12.0. The molecule has 1 aromatic heterocycles. The lowest BCUT2D eigenvalue weighted by molar-refractivity contribution is -0.120. The first kappa shape index (κ1) is 17.6. The summed E-state index contributed by atoms with van der Waals surface area (Å²) in [6.45, 7) is 5.77. The summed E-state index contributed by atoms with van der Waals surface area (Å²) in [4.78, 5) is 27.9. The molecule has 1 amide bonds. The molecule has 2 N–H and O–H groups in total. The van der Waals surface area contributed by atoms with Crippen molar-refractivity contribution in [3.8, 4) is 0 Å². The van der Waals surface area contributed by atoms with Gasteiger partial charge in [-0.1, -0.05) is 11.6 Å². The second-order valence-corrected chi connectivity index (χ2v) is 7.23. The summed E-state index contributed by atoms with van der Waals surface area (Å²) in [5.41, 5.74) is 2.13. The van der Waals surface area contributed by atoms with Crippen LogP contribution < -0.4 is 10.9 Å². The standard InChI is InChI=1S/C17H19ClN2O2S/c1-10-8-11(2)20-17(22)15(10)9-19-16(21)12(3)23-14-6-4-13(18)5-7-14/h4-8,12H,9H2,1-3H3,(H,19,21)(H,20,22)/t12-/m1/s1. The Morgan fingerprint density at radius 3 is 2.57 bits per heavy atom. The summed E-state index contributed by atoms with van der Waals surface area (Å²) < 4.78 is 0. The maximum atomic E-state index is 12.2. The van der Waals surface area contributed by atoms with Crippen molar-refractivity contribution in [2.75, 3.05) is 0 Å². The largest absolute Gasteiger partial charge is 0.351 e. The van der Waals surface area contributed by atoms with Crippen LogP contribution in [0, 0.1) is 13.8 Å². The van der Waals surface area contributed by atoms with E-state index in [9.17, 15) is 9.59 Å². The summed E-state index contributed by atoms with van der Waals surface area (Å²) in [5.74, 6) is -0.107. The average molecular weight is 351 g/mol. The van der Waals surface area contributed by atoms with E-state index in [0.29, 0.717) is 10.6 Å². The molecule has 2 aromatic rings. The van der Waals surface area contributed by atoms with Crippen molar-refractivity contribution in [2.24, 2.45) is 0 Å². The molecule has 0 radical (unpaired) electrons. The zero-order valence-electron chi connectivity index (χ0n) is 13.3. The summed E-state index contributed by atoms with van der Waals surface area (Å²) in [7, 11) is 0. The number of carbonyl (C=O) groups excluding carboxylic acids is 1. The van der Waals surface area contributed by atoms with E-state index in [1.54, 1.807) is 12.1 Å². The Labute approximate surface area is 144 Å². The number of rotatable bonds is 5. The lowest BCUT2D eigenvalue weighted by Gasteiger charge is -2.13. The molecule has 0 unspecified atom stereocenters. The van der Waals surface area contributed by atoms with Gasteiger partial charge in [0.2, 0.25) is 5.91 Å². The van der Waals surface area contributed by atoms with Crippen LogP contribution >= 0.6 is 23.4 Å². The van der Waals surface area contributed by atoms with Crippen molar-refractivity contribution in [3.63, 3.8) is 0 Å². The molecule has 0 saturated carbocycles. The number of hydrogen-bond acceptors (Lipinski definition) is 3. The Morgan fingerprint density at radius 2 is 1.96 bits per heavy atom.